The number of rotatable bonds is 5. The van der Waals surface area contributed by atoms with Crippen molar-refractivity contribution in [3.8, 4) is 0 Å². The Labute approximate surface area is 144 Å². The van der Waals surface area contributed by atoms with E-state index in [-0.39, 0.29) is 24.4 Å². The van der Waals surface area contributed by atoms with E-state index < -0.39 is 0 Å². The van der Waals surface area contributed by atoms with Crippen LogP contribution in [0.25, 0.3) is 0 Å². The molecule has 0 saturated carbocycles. The zero-order chi connectivity index (χ0) is 16.9. The molecule has 1 saturated heterocycles. The second-order valence-electron chi connectivity index (χ2n) is 5.74. The normalized spacial score (nSPS) is 17.5. The summed E-state index contributed by atoms with van der Waals surface area (Å²) >= 11 is 1.45. The van der Waals surface area contributed by atoms with E-state index in [9.17, 15) is 9.59 Å². The van der Waals surface area contributed by atoms with E-state index in [1.807, 2.05) is 17.5 Å². The van der Waals surface area contributed by atoms with Gasteiger partial charge in [0.1, 0.15) is 11.6 Å². The van der Waals surface area contributed by atoms with Gasteiger partial charge in [0.25, 0.3) is 0 Å². The van der Waals surface area contributed by atoms with E-state index in [1.165, 1.54) is 11.3 Å². The van der Waals surface area contributed by atoms with Crippen LogP contribution in [0.15, 0.2) is 35.8 Å². The predicted octanol–water partition coefficient (Wildman–Crippen LogP) is 2.20. The number of esters is 1. The number of ether oxygens (including phenoxy) is 1. The van der Waals surface area contributed by atoms with Crippen molar-refractivity contribution in [3.05, 3.63) is 46.4 Å². The summed E-state index contributed by atoms with van der Waals surface area (Å²) in [4.78, 5) is 29.6. The van der Waals surface area contributed by atoms with Crippen LogP contribution in [-0.2, 0) is 16.1 Å². The van der Waals surface area contributed by atoms with Crippen LogP contribution < -0.4 is 10.6 Å². The minimum atomic E-state index is -0.370. The fourth-order valence-corrected chi connectivity index (χ4v) is 3.31. The Bertz CT molecular complexity index is 700. The molecule has 1 aromatic heterocycles. The van der Waals surface area contributed by atoms with Crippen molar-refractivity contribution in [1.29, 1.82) is 0 Å². The highest BCUT2D eigenvalue weighted by molar-refractivity contribution is 7.09. The molecule has 1 fully saturated rings. The fraction of sp³-hybridized carbons (Fsp3) is 0.353. The van der Waals surface area contributed by atoms with Crippen LogP contribution in [0.2, 0.25) is 0 Å². The van der Waals surface area contributed by atoms with Crippen LogP contribution in [0, 0.1) is 5.92 Å². The molecule has 2 N–H and O–H groups in total. The number of carbonyl (C=O) groups excluding carboxylic acids is 2. The van der Waals surface area contributed by atoms with Gasteiger partial charge in [0.2, 0.25) is 5.91 Å². The number of hydrogen-bond donors (Lipinski definition) is 1. The first kappa shape index (κ1) is 16.4. The molecule has 2 heterocycles. The van der Waals surface area contributed by atoms with Crippen LogP contribution in [0.4, 0.5) is 5.69 Å². The summed E-state index contributed by atoms with van der Waals surface area (Å²) < 4.78 is 5.24. The van der Waals surface area contributed by atoms with Gasteiger partial charge in [-0.25, -0.2) is 9.78 Å². The van der Waals surface area contributed by atoms with Gasteiger partial charge in [0.05, 0.1) is 11.5 Å². The number of primary amides is 1. The van der Waals surface area contributed by atoms with Crippen molar-refractivity contribution in [2.75, 3.05) is 18.0 Å². The maximum Gasteiger partial charge on any atom is 0.338 e. The van der Waals surface area contributed by atoms with Crippen molar-refractivity contribution in [2.24, 2.45) is 11.7 Å². The first-order chi connectivity index (χ1) is 11.6. The lowest BCUT2D eigenvalue weighted by atomic mass is 9.97. The highest BCUT2D eigenvalue weighted by Crippen LogP contribution is 2.23. The lowest BCUT2D eigenvalue weighted by molar-refractivity contribution is -0.122. The molecular weight excluding hydrogens is 326 g/mol. The number of nitrogens with zero attached hydrogens (tertiary/aromatic N) is 2. The minimum Gasteiger partial charge on any atom is -0.455 e. The molecule has 0 aliphatic carbocycles. The highest BCUT2D eigenvalue weighted by Gasteiger charge is 2.24. The van der Waals surface area contributed by atoms with E-state index in [0.717, 1.165) is 30.1 Å². The maximum atomic E-state index is 12.0. The van der Waals surface area contributed by atoms with Gasteiger partial charge in [0, 0.05) is 30.4 Å². The maximum absolute atomic E-state index is 12.0. The highest BCUT2D eigenvalue weighted by atomic mass is 32.1. The Morgan fingerprint density at radius 2 is 2.12 bits per heavy atom. The van der Waals surface area contributed by atoms with E-state index in [1.54, 1.807) is 18.3 Å². The van der Waals surface area contributed by atoms with Crippen molar-refractivity contribution < 1.29 is 14.3 Å². The number of anilines is 1. The zero-order valence-electron chi connectivity index (χ0n) is 13.2. The van der Waals surface area contributed by atoms with Crippen molar-refractivity contribution in [1.82, 2.24) is 4.98 Å². The number of hydrogen-bond acceptors (Lipinski definition) is 6. The summed E-state index contributed by atoms with van der Waals surface area (Å²) in [7, 11) is 0. The van der Waals surface area contributed by atoms with Gasteiger partial charge in [-0.1, -0.05) is 0 Å². The second-order valence-corrected chi connectivity index (χ2v) is 6.72. The molecule has 1 atom stereocenters. The van der Waals surface area contributed by atoms with Crippen LogP contribution >= 0.6 is 11.3 Å². The minimum absolute atomic E-state index is 0.110. The SMILES string of the molecule is NC(=O)[C@H]1CCCN(c2ccc(C(=O)OCc3nccs3)cc2)C1. The lowest BCUT2D eigenvalue weighted by Crippen LogP contribution is -2.41. The molecule has 1 aromatic carbocycles. The van der Waals surface area contributed by atoms with E-state index in [2.05, 4.69) is 9.88 Å². The summed E-state index contributed by atoms with van der Waals surface area (Å²) in [6.07, 6.45) is 3.46. The smallest absolute Gasteiger partial charge is 0.338 e. The van der Waals surface area contributed by atoms with Crippen LogP contribution in [0.1, 0.15) is 28.2 Å². The van der Waals surface area contributed by atoms with Crippen LogP contribution in [0.3, 0.4) is 0 Å². The van der Waals surface area contributed by atoms with Gasteiger partial charge in [0.15, 0.2) is 0 Å². The molecule has 7 heteroatoms. The zero-order valence-corrected chi connectivity index (χ0v) is 14.0. The van der Waals surface area contributed by atoms with Crippen LogP contribution in [0.5, 0.6) is 0 Å². The molecule has 1 aliphatic heterocycles. The number of aromatic nitrogens is 1. The molecule has 1 aliphatic rings. The molecule has 0 radical (unpaired) electrons. The largest absolute Gasteiger partial charge is 0.455 e. The Balaban J connectivity index is 1.60. The average Bonchev–Trinajstić information content (AvgIpc) is 3.13. The van der Waals surface area contributed by atoms with E-state index in [4.69, 9.17) is 10.5 Å². The molecule has 0 bridgehead atoms. The Morgan fingerprint density at radius 3 is 2.79 bits per heavy atom. The molecule has 6 nitrogen and oxygen atoms in total. The van der Waals surface area contributed by atoms with Gasteiger partial charge in [-0.15, -0.1) is 11.3 Å². The van der Waals surface area contributed by atoms with Gasteiger partial charge in [-0.05, 0) is 37.1 Å². The van der Waals surface area contributed by atoms with Crippen molar-refractivity contribution in [3.63, 3.8) is 0 Å². The number of nitrogens with two attached hydrogens (primary N) is 1. The molecule has 126 valence electrons. The van der Waals surface area contributed by atoms with Crippen molar-refractivity contribution >= 4 is 28.9 Å². The van der Waals surface area contributed by atoms with E-state index >= 15 is 0 Å². The van der Waals surface area contributed by atoms with E-state index in [0.29, 0.717) is 12.1 Å². The molecular formula is C17H19N3O3S. The topological polar surface area (TPSA) is 85.5 Å². The molecule has 0 spiro atoms. The molecule has 24 heavy (non-hydrogen) atoms. The average molecular weight is 345 g/mol. The monoisotopic (exact) mass is 345 g/mol. The van der Waals surface area contributed by atoms with Crippen molar-refractivity contribution in [2.45, 2.75) is 19.4 Å². The quantitative estimate of drug-likeness (QED) is 0.840. The third-order valence-electron chi connectivity index (χ3n) is 4.10. The molecule has 2 aromatic rings. The Kier molecular flexibility index (Phi) is 5.10. The number of thiazole rings is 1. The fourth-order valence-electron chi connectivity index (χ4n) is 2.79. The third-order valence-corrected chi connectivity index (χ3v) is 4.86. The first-order valence-corrected chi connectivity index (χ1v) is 8.71. The number of benzene rings is 1. The number of carbonyl (C=O) groups is 2. The molecule has 1 amide bonds. The number of piperidine rings is 1. The summed E-state index contributed by atoms with van der Waals surface area (Å²) in [5.41, 5.74) is 6.90. The van der Waals surface area contributed by atoms with Gasteiger partial charge < -0.3 is 15.4 Å². The van der Waals surface area contributed by atoms with Gasteiger partial charge >= 0.3 is 5.97 Å². The lowest BCUT2D eigenvalue weighted by Gasteiger charge is -2.33. The predicted molar refractivity (Wildman–Crippen MR) is 91.8 cm³/mol. The summed E-state index contributed by atoms with van der Waals surface area (Å²) in [6.45, 7) is 1.70. The number of amides is 1. The summed E-state index contributed by atoms with van der Waals surface area (Å²) in [5, 5.41) is 2.61. The molecule has 3 rings (SSSR count). The first-order valence-electron chi connectivity index (χ1n) is 7.83. The molecule has 0 unspecified atom stereocenters. The Hall–Kier alpha value is -2.41. The third kappa shape index (κ3) is 3.91. The van der Waals surface area contributed by atoms with Gasteiger partial charge in [-0.2, -0.15) is 0 Å². The van der Waals surface area contributed by atoms with Crippen LogP contribution in [-0.4, -0.2) is 29.9 Å². The summed E-state index contributed by atoms with van der Waals surface area (Å²) in [6, 6.07) is 7.24. The van der Waals surface area contributed by atoms with Gasteiger partial charge in [-0.3, -0.25) is 4.79 Å². The Morgan fingerprint density at radius 1 is 1.33 bits per heavy atom. The standard InChI is InChI=1S/C17H19N3O3S/c18-16(21)13-2-1-8-20(10-13)14-5-3-12(4-6-14)17(22)23-11-15-19-7-9-24-15/h3-7,9,13H,1-2,8,10-11H2,(H2,18,21)/t13-/m0/s1. The second kappa shape index (κ2) is 7.44. The summed E-state index contributed by atoms with van der Waals surface area (Å²) in [5.74, 6) is -0.728.